The minimum atomic E-state index is -0.0300. The Morgan fingerprint density at radius 1 is 0.444 bits per heavy atom. The van der Waals surface area contributed by atoms with Crippen LogP contribution in [0.4, 0.5) is 0 Å². The number of rotatable bonds is 2. The van der Waals surface area contributed by atoms with Crippen LogP contribution in [0, 0.1) is 0 Å². The number of benzene rings is 3. The molecule has 3 aromatic carbocycles. The van der Waals surface area contributed by atoms with Crippen molar-refractivity contribution in [1.82, 2.24) is 9.97 Å². The van der Waals surface area contributed by atoms with E-state index in [4.69, 9.17) is 9.97 Å². The molecule has 0 fully saturated rings. The third-order valence-corrected chi connectivity index (χ3v) is 8.30. The lowest BCUT2D eigenvalue weighted by molar-refractivity contribution is 0.659. The molecule has 0 saturated heterocycles. The highest BCUT2D eigenvalue weighted by atomic mass is 14.8. The third-order valence-electron chi connectivity index (χ3n) is 8.30. The van der Waals surface area contributed by atoms with Gasteiger partial charge in [0, 0.05) is 33.1 Å². The molecule has 2 nitrogen and oxygen atoms in total. The molecule has 0 amide bonds. The van der Waals surface area contributed by atoms with E-state index in [0.29, 0.717) is 0 Å². The van der Waals surface area contributed by atoms with Gasteiger partial charge in [-0.1, -0.05) is 107 Å². The summed E-state index contributed by atoms with van der Waals surface area (Å²) in [6, 6.07) is 34.8. The van der Waals surface area contributed by atoms with E-state index in [9.17, 15) is 0 Å². The van der Waals surface area contributed by atoms with Crippen LogP contribution in [0.2, 0.25) is 0 Å². The van der Waals surface area contributed by atoms with Crippen molar-refractivity contribution in [3.05, 3.63) is 119 Å². The summed E-state index contributed by atoms with van der Waals surface area (Å²) in [7, 11) is 0. The number of pyridine rings is 2. The van der Waals surface area contributed by atoms with E-state index in [1.54, 1.807) is 0 Å². The molecule has 0 radical (unpaired) electrons. The maximum absolute atomic E-state index is 5.18. The molecular formula is C34H28N2. The average molecular weight is 465 g/mol. The Morgan fingerprint density at radius 3 is 1.36 bits per heavy atom. The molecule has 0 spiro atoms. The smallest absolute Gasteiger partial charge is 0.0753 e. The van der Waals surface area contributed by atoms with Gasteiger partial charge in [0.1, 0.15) is 0 Å². The number of nitrogens with zero attached hydrogens (tertiary/aromatic N) is 2. The molecule has 2 aromatic heterocycles. The van der Waals surface area contributed by atoms with Gasteiger partial charge >= 0.3 is 0 Å². The van der Waals surface area contributed by atoms with Crippen LogP contribution < -0.4 is 0 Å². The second-order valence-corrected chi connectivity index (χ2v) is 11.1. The molecule has 0 bridgehead atoms. The van der Waals surface area contributed by atoms with Gasteiger partial charge in [-0.3, -0.25) is 0 Å². The summed E-state index contributed by atoms with van der Waals surface area (Å²) >= 11 is 0. The van der Waals surface area contributed by atoms with E-state index in [2.05, 4.69) is 125 Å². The SMILES string of the molecule is CC1(C)c2ccccc2-c2nc(-c3cccc(-c4ccc5c(n4)-c4ccccc4C5(C)C)c3)ccc21. The molecule has 2 heterocycles. The lowest BCUT2D eigenvalue weighted by atomic mass is 9.83. The predicted molar refractivity (Wildman–Crippen MR) is 148 cm³/mol. The zero-order valence-electron chi connectivity index (χ0n) is 21.1. The van der Waals surface area contributed by atoms with E-state index in [1.165, 1.54) is 33.4 Å². The average Bonchev–Trinajstić information content (AvgIpc) is 3.28. The number of hydrogen-bond acceptors (Lipinski definition) is 2. The molecule has 0 unspecified atom stereocenters. The van der Waals surface area contributed by atoms with Gasteiger partial charge in [0.15, 0.2) is 0 Å². The van der Waals surface area contributed by atoms with Crippen LogP contribution in [0.25, 0.3) is 45.0 Å². The normalized spacial score (nSPS) is 15.7. The number of fused-ring (bicyclic) bond motifs is 6. The fraction of sp³-hybridized carbons (Fsp3) is 0.176. The van der Waals surface area contributed by atoms with Gasteiger partial charge < -0.3 is 0 Å². The molecule has 0 aliphatic heterocycles. The summed E-state index contributed by atoms with van der Waals surface area (Å²) in [5.74, 6) is 0. The largest absolute Gasteiger partial charge is 0.247 e. The molecule has 2 aliphatic rings. The Morgan fingerprint density at radius 2 is 0.889 bits per heavy atom. The van der Waals surface area contributed by atoms with Crippen LogP contribution in [-0.4, -0.2) is 9.97 Å². The second kappa shape index (κ2) is 7.24. The first-order valence-electron chi connectivity index (χ1n) is 12.7. The highest BCUT2D eigenvalue weighted by Crippen LogP contribution is 2.49. The van der Waals surface area contributed by atoms with Gasteiger partial charge in [-0.05, 0) is 40.5 Å². The number of aromatic nitrogens is 2. The Hall–Kier alpha value is -4.04. The summed E-state index contributed by atoms with van der Waals surface area (Å²) in [5, 5.41) is 0. The molecule has 5 aromatic rings. The van der Waals surface area contributed by atoms with E-state index in [0.717, 1.165) is 33.9 Å². The fourth-order valence-corrected chi connectivity index (χ4v) is 6.26. The van der Waals surface area contributed by atoms with Crippen LogP contribution in [0.3, 0.4) is 0 Å². The van der Waals surface area contributed by atoms with Crippen molar-refractivity contribution in [3.8, 4) is 45.0 Å². The Kier molecular flexibility index (Phi) is 4.27. The van der Waals surface area contributed by atoms with Crippen LogP contribution in [-0.2, 0) is 10.8 Å². The summed E-state index contributed by atoms with van der Waals surface area (Å²) in [6.07, 6.45) is 0. The monoisotopic (exact) mass is 464 g/mol. The van der Waals surface area contributed by atoms with Crippen LogP contribution in [0.1, 0.15) is 49.9 Å². The van der Waals surface area contributed by atoms with E-state index in [-0.39, 0.29) is 10.8 Å². The first kappa shape index (κ1) is 21.3. The quantitative estimate of drug-likeness (QED) is 0.262. The molecular weight excluding hydrogens is 436 g/mol. The lowest BCUT2D eigenvalue weighted by Crippen LogP contribution is -2.14. The maximum atomic E-state index is 5.18. The maximum Gasteiger partial charge on any atom is 0.0753 e. The standard InChI is InChI=1S/C34H28N2/c1-33(2)25-14-7-5-12-23(25)31-27(33)16-18-29(35-31)21-10-9-11-22(20-21)30-19-17-28-32(36-30)24-13-6-8-15-26(24)34(28,3)4/h5-20H,1-4H3. The van der Waals surface area contributed by atoms with Crippen molar-refractivity contribution in [2.75, 3.05) is 0 Å². The Balaban J connectivity index is 1.32. The van der Waals surface area contributed by atoms with Crippen LogP contribution >= 0.6 is 0 Å². The highest BCUT2D eigenvalue weighted by molar-refractivity contribution is 5.82. The minimum Gasteiger partial charge on any atom is -0.247 e. The first-order valence-corrected chi connectivity index (χ1v) is 12.7. The third kappa shape index (κ3) is 2.85. The first-order chi connectivity index (χ1) is 17.4. The Labute approximate surface area is 212 Å². The van der Waals surface area contributed by atoms with Crippen molar-refractivity contribution in [2.24, 2.45) is 0 Å². The zero-order chi connectivity index (χ0) is 24.7. The van der Waals surface area contributed by atoms with E-state index < -0.39 is 0 Å². The minimum absolute atomic E-state index is 0.0300. The highest BCUT2D eigenvalue weighted by Gasteiger charge is 2.37. The topological polar surface area (TPSA) is 25.8 Å². The van der Waals surface area contributed by atoms with Crippen molar-refractivity contribution >= 4 is 0 Å². The van der Waals surface area contributed by atoms with Gasteiger partial charge in [0.2, 0.25) is 0 Å². The van der Waals surface area contributed by atoms with Crippen LogP contribution in [0.15, 0.2) is 97.1 Å². The summed E-state index contributed by atoms with van der Waals surface area (Å²) < 4.78 is 0. The molecule has 2 heteroatoms. The van der Waals surface area contributed by atoms with E-state index in [1.807, 2.05) is 0 Å². The summed E-state index contributed by atoms with van der Waals surface area (Å²) in [5.41, 5.74) is 14.2. The molecule has 36 heavy (non-hydrogen) atoms. The molecule has 174 valence electrons. The molecule has 0 atom stereocenters. The molecule has 2 aliphatic carbocycles. The van der Waals surface area contributed by atoms with Crippen LogP contribution in [0.5, 0.6) is 0 Å². The summed E-state index contributed by atoms with van der Waals surface area (Å²) in [4.78, 5) is 10.4. The summed E-state index contributed by atoms with van der Waals surface area (Å²) in [6.45, 7) is 9.16. The number of hydrogen-bond donors (Lipinski definition) is 0. The predicted octanol–water partition coefficient (Wildman–Crippen LogP) is 8.42. The Bertz CT molecular complexity index is 1570. The van der Waals surface area contributed by atoms with Crippen molar-refractivity contribution < 1.29 is 0 Å². The molecule has 0 saturated carbocycles. The van der Waals surface area contributed by atoms with E-state index >= 15 is 0 Å². The lowest BCUT2D eigenvalue weighted by Gasteiger charge is -2.21. The van der Waals surface area contributed by atoms with Gasteiger partial charge in [0.05, 0.1) is 22.8 Å². The van der Waals surface area contributed by atoms with Crippen molar-refractivity contribution in [2.45, 2.75) is 38.5 Å². The van der Waals surface area contributed by atoms with Gasteiger partial charge in [-0.2, -0.15) is 0 Å². The second-order valence-electron chi connectivity index (χ2n) is 11.1. The fourth-order valence-electron chi connectivity index (χ4n) is 6.26. The zero-order valence-corrected chi connectivity index (χ0v) is 21.1. The molecule has 0 N–H and O–H groups in total. The van der Waals surface area contributed by atoms with Crippen molar-refractivity contribution in [1.29, 1.82) is 0 Å². The van der Waals surface area contributed by atoms with Crippen molar-refractivity contribution in [3.63, 3.8) is 0 Å². The van der Waals surface area contributed by atoms with Gasteiger partial charge in [-0.25, -0.2) is 9.97 Å². The molecule has 7 rings (SSSR count). The van der Waals surface area contributed by atoms with Gasteiger partial charge in [-0.15, -0.1) is 0 Å². The van der Waals surface area contributed by atoms with Gasteiger partial charge in [0.25, 0.3) is 0 Å².